The van der Waals surface area contributed by atoms with Crippen LogP contribution in [0.5, 0.6) is 5.75 Å². The largest absolute Gasteiger partial charge is 0.507 e. The maximum atomic E-state index is 13.2. The van der Waals surface area contributed by atoms with E-state index in [0.717, 1.165) is 11.1 Å². The van der Waals surface area contributed by atoms with E-state index in [0.29, 0.717) is 34.3 Å². The number of hydrogen-bond donors (Lipinski definition) is 1. The molecule has 0 aliphatic carbocycles. The first-order valence-electron chi connectivity index (χ1n) is 11.8. The minimum absolute atomic E-state index is 0.00717. The quantitative estimate of drug-likeness (QED) is 0.175. The van der Waals surface area contributed by atoms with Gasteiger partial charge in [0.2, 0.25) is 0 Å². The van der Waals surface area contributed by atoms with Gasteiger partial charge >= 0.3 is 0 Å². The van der Waals surface area contributed by atoms with E-state index in [9.17, 15) is 14.7 Å². The van der Waals surface area contributed by atoms with Crippen molar-refractivity contribution in [1.82, 2.24) is 4.90 Å². The standard InChI is InChI=1S/C30H24ClNO5/c1-19-5-2-6-20(15-19)18-37-24-12-10-21(11-13-24)28(33)26-27(22-7-3-8-23(31)16-22)32(30(35)29(26)34)17-25-9-4-14-36-25/h2-16,27,33H,17-18H2,1H3/b28-26+. The van der Waals surface area contributed by atoms with Crippen LogP contribution in [-0.4, -0.2) is 21.7 Å². The highest BCUT2D eigenvalue weighted by atomic mass is 35.5. The number of carbonyl (C=O) groups is 2. The molecule has 0 saturated carbocycles. The molecular weight excluding hydrogens is 490 g/mol. The molecule has 0 spiro atoms. The van der Waals surface area contributed by atoms with Gasteiger partial charge in [-0.15, -0.1) is 0 Å². The lowest BCUT2D eigenvalue weighted by atomic mass is 9.95. The van der Waals surface area contributed by atoms with E-state index < -0.39 is 17.7 Å². The molecule has 1 aliphatic heterocycles. The summed E-state index contributed by atoms with van der Waals surface area (Å²) in [4.78, 5) is 27.7. The molecule has 3 aromatic carbocycles. The minimum Gasteiger partial charge on any atom is -0.507 e. The first kappa shape index (κ1) is 24.4. The Labute approximate surface area is 219 Å². The summed E-state index contributed by atoms with van der Waals surface area (Å²) in [5, 5.41) is 11.7. The summed E-state index contributed by atoms with van der Waals surface area (Å²) >= 11 is 6.23. The Bertz CT molecular complexity index is 1470. The highest BCUT2D eigenvalue weighted by molar-refractivity contribution is 6.46. The Morgan fingerprint density at radius 3 is 2.49 bits per heavy atom. The monoisotopic (exact) mass is 513 g/mol. The van der Waals surface area contributed by atoms with Gasteiger partial charge in [-0.3, -0.25) is 9.59 Å². The van der Waals surface area contributed by atoms with E-state index in [-0.39, 0.29) is 17.9 Å². The number of furan rings is 1. The molecule has 6 nitrogen and oxygen atoms in total. The van der Waals surface area contributed by atoms with Gasteiger partial charge < -0.3 is 19.2 Å². The van der Waals surface area contributed by atoms with E-state index in [2.05, 4.69) is 6.07 Å². The van der Waals surface area contributed by atoms with E-state index in [1.165, 1.54) is 11.2 Å². The Balaban J connectivity index is 1.47. The number of nitrogens with zero attached hydrogens (tertiary/aromatic N) is 1. The third-order valence-electron chi connectivity index (χ3n) is 6.23. The van der Waals surface area contributed by atoms with E-state index in [1.54, 1.807) is 60.7 Å². The first-order valence-corrected chi connectivity index (χ1v) is 12.1. The highest BCUT2D eigenvalue weighted by Crippen LogP contribution is 2.41. The maximum Gasteiger partial charge on any atom is 0.296 e. The zero-order valence-electron chi connectivity index (χ0n) is 20.1. The molecule has 1 fully saturated rings. The Kier molecular flexibility index (Phi) is 6.84. The molecule has 5 rings (SSSR count). The van der Waals surface area contributed by atoms with Crippen molar-refractivity contribution in [2.45, 2.75) is 26.1 Å². The van der Waals surface area contributed by atoms with Crippen LogP contribution >= 0.6 is 11.6 Å². The van der Waals surface area contributed by atoms with Gasteiger partial charge in [0.25, 0.3) is 11.7 Å². The molecule has 1 aromatic heterocycles. The van der Waals surface area contributed by atoms with Gasteiger partial charge in [-0.1, -0.05) is 53.6 Å². The number of ketones is 1. The van der Waals surface area contributed by atoms with Gasteiger partial charge in [0.05, 0.1) is 24.4 Å². The number of likely N-dealkylation sites (tertiary alicyclic amines) is 1. The van der Waals surface area contributed by atoms with Gasteiger partial charge in [0, 0.05) is 10.6 Å². The molecule has 37 heavy (non-hydrogen) atoms. The van der Waals surface area contributed by atoms with Crippen molar-refractivity contribution in [1.29, 1.82) is 0 Å². The lowest BCUT2D eigenvalue weighted by Crippen LogP contribution is -2.29. The van der Waals surface area contributed by atoms with Crippen LogP contribution in [0.3, 0.4) is 0 Å². The zero-order chi connectivity index (χ0) is 25.9. The molecule has 1 N–H and O–H groups in total. The average molecular weight is 514 g/mol. The van der Waals surface area contributed by atoms with Crippen LogP contribution in [-0.2, 0) is 22.7 Å². The zero-order valence-corrected chi connectivity index (χ0v) is 20.8. The van der Waals surface area contributed by atoms with Crippen LogP contribution in [0.2, 0.25) is 5.02 Å². The third kappa shape index (κ3) is 5.15. The lowest BCUT2D eigenvalue weighted by Gasteiger charge is -2.24. The van der Waals surface area contributed by atoms with Gasteiger partial charge in [0.1, 0.15) is 23.9 Å². The number of rotatable bonds is 7. The third-order valence-corrected chi connectivity index (χ3v) is 6.46. The van der Waals surface area contributed by atoms with Crippen LogP contribution in [0.1, 0.15) is 34.1 Å². The van der Waals surface area contributed by atoms with Crippen molar-refractivity contribution in [3.8, 4) is 5.75 Å². The molecule has 2 heterocycles. The Morgan fingerprint density at radius 2 is 1.78 bits per heavy atom. The van der Waals surface area contributed by atoms with Gasteiger partial charge in [-0.25, -0.2) is 0 Å². The number of ether oxygens (including phenoxy) is 1. The molecule has 0 radical (unpaired) electrons. The second-order valence-electron chi connectivity index (χ2n) is 8.86. The molecule has 1 saturated heterocycles. The summed E-state index contributed by atoms with van der Waals surface area (Å²) in [6.07, 6.45) is 1.50. The molecule has 0 bridgehead atoms. The van der Waals surface area contributed by atoms with Crippen LogP contribution in [0.25, 0.3) is 5.76 Å². The summed E-state index contributed by atoms with van der Waals surface area (Å²) < 4.78 is 11.3. The van der Waals surface area contributed by atoms with Crippen molar-refractivity contribution < 1.29 is 23.8 Å². The molecule has 4 aromatic rings. The molecule has 1 unspecified atom stereocenters. The van der Waals surface area contributed by atoms with Crippen molar-refractivity contribution in [3.63, 3.8) is 0 Å². The first-order chi connectivity index (χ1) is 17.9. The number of carbonyl (C=O) groups excluding carboxylic acids is 2. The van der Waals surface area contributed by atoms with E-state index >= 15 is 0 Å². The Hall–Kier alpha value is -4.29. The number of aliphatic hydroxyl groups excluding tert-OH is 1. The van der Waals surface area contributed by atoms with Crippen LogP contribution in [0.15, 0.2) is 101 Å². The number of amides is 1. The number of Topliss-reactive ketones (excluding diaryl/α,β-unsaturated/α-hetero) is 1. The van der Waals surface area contributed by atoms with E-state index in [4.69, 9.17) is 20.8 Å². The van der Waals surface area contributed by atoms with Crippen molar-refractivity contribution in [2.75, 3.05) is 0 Å². The Morgan fingerprint density at radius 1 is 1.00 bits per heavy atom. The van der Waals surface area contributed by atoms with Crippen molar-refractivity contribution in [2.24, 2.45) is 0 Å². The number of aliphatic hydroxyl groups is 1. The minimum atomic E-state index is -0.832. The fraction of sp³-hybridized carbons (Fsp3) is 0.133. The topological polar surface area (TPSA) is 80.0 Å². The maximum absolute atomic E-state index is 13.2. The molecule has 1 atom stereocenters. The highest BCUT2D eigenvalue weighted by Gasteiger charge is 2.46. The van der Waals surface area contributed by atoms with Gasteiger partial charge in [-0.2, -0.15) is 0 Å². The SMILES string of the molecule is Cc1cccc(COc2ccc(/C(O)=C3\C(=O)C(=O)N(Cc4ccco4)C3c3cccc(Cl)c3)cc2)c1. The van der Waals surface area contributed by atoms with Gasteiger partial charge in [0.15, 0.2) is 0 Å². The number of aryl methyl sites for hydroxylation is 1. The predicted molar refractivity (Wildman–Crippen MR) is 140 cm³/mol. The second-order valence-corrected chi connectivity index (χ2v) is 9.30. The fourth-order valence-corrected chi connectivity index (χ4v) is 4.67. The summed E-state index contributed by atoms with van der Waals surface area (Å²) in [5.74, 6) is -0.628. The van der Waals surface area contributed by atoms with Crippen LogP contribution in [0.4, 0.5) is 0 Å². The number of halogens is 1. The molecular formula is C30H24ClNO5. The summed E-state index contributed by atoms with van der Waals surface area (Å²) in [6.45, 7) is 2.49. The fourth-order valence-electron chi connectivity index (χ4n) is 4.47. The molecule has 1 amide bonds. The normalized spacial score (nSPS) is 16.8. The smallest absolute Gasteiger partial charge is 0.296 e. The summed E-state index contributed by atoms with van der Waals surface area (Å²) in [6, 6.07) is 24.3. The van der Waals surface area contributed by atoms with Crippen molar-refractivity contribution >= 4 is 29.1 Å². The van der Waals surface area contributed by atoms with E-state index in [1.807, 2.05) is 25.1 Å². The number of hydrogen-bond acceptors (Lipinski definition) is 5. The second kappa shape index (κ2) is 10.4. The van der Waals surface area contributed by atoms with Crippen molar-refractivity contribution in [3.05, 3.63) is 130 Å². The van der Waals surface area contributed by atoms with Crippen LogP contribution in [0, 0.1) is 6.92 Å². The molecule has 186 valence electrons. The predicted octanol–water partition coefficient (Wildman–Crippen LogP) is 6.44. The summed E-state index contributed by atoms with van der Waals surface area (Å²) in [5.41, 5.74) is 3.19. The average Bonchev–Trinajstić information content (AvgIpc) is 3.50. The molecule has 7 heteroatoms. The van der Waals surface area contributed by atoms with Crippen LogP contribution < -0.4 is 4.74 Å². The molecule has 1 aliphatic rings. The summed E-state index contributed by atoms with van der Waals surface area (Å²) in [7, 11) is 0. The number of benzene rings is 3. The van der Waals surface area contributed by atoms with Gasteiger partial charge in [-0.05, 0) is 66.6 Å². The lowest BCUT2D eigenvalue weighted by molar-refractivity contribution is -0.140.